The highest BCUT2D eigenvalue weighted by Crippen LogP contribution is 2.22. The van der Waals surface area contributed by atoms with Gasteiger partial charge in [0.15, 0.2) is 0 Å². The van der Waals surface area contributed by atoms with E-state index in [2.05, 4.69) is 25.9 Å². The van der Waals surface area contributed by atoms with Crippen LogP contribution in [0, 0.1) is 6.92 Å². The second-order valence-corrected chi connectivity index (χ2v) is 4.88. The summed E-state index contributed by atoms with van der Waals surface area (Å²) in [5.74, 6) is 0.555. The highest BCUT2D eigenvalue weighted by molar-refractivity contribution is 9.10. The molecule has 0 aliphatic rings. The Balaban J connectivity index is 2.37. The minimum absolute atomic E-state index is 0.101. The van der Waals surface area contributed by atoms with Crippen LogP contribution in [0.3, 0.4) is 0 Å². The second kappa shape index (κ2) is 4.10. The fourth-order valence-corrected chi connectivity index (χ4v) is 2.31. The summed E-state index contributed by atoms with van der Waals surface area (Å²) in [6.07, 6.45) is 1.52. The van der Waals surface area contributed by atoms with Gasteiger partial charge in [0.2, 0.25) is 5.78 Å². The van der Waals surface area contributed by atoms with E-state index < -0.39 is 0 Å². The Labute approximate surface area is 111 Å². The molecule has 4 nitrogen and oxygen atoms in total. The van der Waals surface area contributed by atoms with Crippen LogP contribution in [0.5, 0.6) is 0 Å². The van der Waals surface area contributed by atoms with E-state index in [0.717, 1.165) is 17.0 Å². The first-order valence-corrected chi connectivity index (χ1v) is 6.29. The number of aryl methyl sites for hydroxylation is 1. The quantitative estimate of drug-likeness (QED) is 0.751. The van der Waals surface area contributed by atoms with E-state index in [1.54, 1.807) is 4.40 Å². The molecule has 2 aromatic heterocycles. The molecule has 0 unspecified atom stereocenters. The number of imidazole rings is 1. The SMILES string of the molecule is Cc1c(-c2ccccc2)[nH]c2ncc(Br)c(=O)n12. The molecule has 0 atom stereocenters. The molecule has 5 heteroatoms. The molecule has 18 heavy (non-hydrogen) atoms. The average molecular weight is 304 g/mol. The minimum Gasteiger partial charge on any atom is -0.323 e. The van der Waals surface area contributed by atoms with Gasteiger partial charge >= 0.3 is 0 Å². The fraction of sp³-hybridized carbons (Fsp3) is 0.0769. The largest absolute Gasteiger partial charge is 0.323 e. The molecule has 3 rings (SSSR count). The maximum atomic E-state index is 12.0. The van der Waals surface area contributed by atoms with E-state index in [1.165, 1.54) is 6.20 Å². The number of aromatic nitrogens is 3. The third kappa shape index (κ3) is 1.59. The van der Waals surface area contributed by atoms with Gasteiger partial charge in [0, 0.05) is 0 Å². The zero-order valence-corrected chi connectivity index (χ0v) is 11.2. The Morgan fingerprint density at radius 1 is 1.28 bits per heavy atom. The molecule has 1 aromatic carbocycles. The second-order valence-electron chi connectivity index (χ2n) is 4.02. The summed E-state index contributed by atoms with van der Waals surface area (Å²) in [5.41, 5.74) is 2.71. The predicted octanol–water partition coefficient (Wildman–Crippen LogP) is 2.76. The van der Waals surface area contributed by atoms with Crippen LogP contribution in [-0.2, 0) is 0 Å². The Bertz CT molecular complexity index is 774. The number of nitrogens with one attached hydrogen (secondary N) is 1. The molecule has 0 spiro atoms. The fourth-order valence-electron chi connectivity index (χ4n) is 2.03. The summed E-state index contributed by atoms with van der Waals surface area (Å²) in [6, 6.07) is 9.89. The Kier molecular flexibility index (Phi) is 2.56. The van der Waals surface area contributed by atoms with Gasteiger partial charge < -0.3 is 4.98 Å². The molecule has 0 amide bonds. The van der Waals surface area contributed by atoms with E-state index in [0.29, 0.717) is 10.3 Å². The highest BCUT2D eigenvalue weighted by Gasteiger charge is 2.12. The molecule has 0 bridgehead atoms. The molecular weight excluding hydrogens is 294 g/mol. The smallest absolute Gasteiger partial charge is 0.273 e. The molecule has 0 saturated heterocycles. The number of fused-ring (bicyclic) bond motifs is 1. The number of rotatable bonds is 1. The number of halogens is 1. The van der Waals surface area contributed by atoms with E-state index in [9.17, 15) is 4.79 Å². The van der Waals surface area contributed by atoms with E-state index >= 15 is 0 Å². The van der Waals surface area contributed by atoms with Crippen molar-refractivity contribution in [3.8, 4) is 11.3 Å². The van der Waals surface area contributed by atoms with Crippen molar-refractivity contribution in [2.24, 2.45) is 0 Å². The number of benzene rings is 1. The van der Waals surface area contributed by atoms with Gasteiger partial charge in [-0.1, -0.05) is 30.3 Å². The predicted molar refractivity (Wildman–Crippen MR) is 73.7 cm³/mol. The summed E-state index contributed by atoms with van der Waals surface area (Å²) in [7, 11) is 0. The first-order valence-electron chi connectivity index (χ1n) is 5.50. The lowest BCUT2D eigenvalue weighted by Gasteiger charge is -1.99. The van der Waals surface area contributed by atoms with E-state index in [-0.39, 0.29) is 5.56 Å². The molecule has 0 saturated carbocycles. The van der Waals surface area contributed by atoms with Crippen LogP contribution >= 0.6 is 15.9 Å². The van der Waals surface area contributed by atoms with Gasteiger partial charge in [0.1, 0.15) is 4.47 Å². The third-order valence-corrected chi connectivity index (χ3v) is 3.46. The lowest BCUT2D eigenvalue weighted by molar-refractivity contribution is 1.000. The van der Waals surface area contributed by atoms with Crippen LogP contribution < -0.4 is 5.56 Å². The number of H-pyrrole nitrogens is 1. The van der Waals surface area contributed by atoms with Gasteiger partial charge in [0.25, 0.3) is 5.56 Å². The molecular formula is C13H10BrN3O. The molecule has 3 aromatic rings. The van der Waals surface area contributed by atoms with Gasteiger partial charge in [-0.3, -0.25) is 4.79 Å². The molecule has 0 aliphatic carbocycles. The standard InChI is InChI=1S/C13H10BrN3O/c1-8-11(9-5-3-2-4-6-9)16-13-15-7-10(14)12(18)17(8)13/h2-7H,1H3,(H,15,16). The van der Waals surface area contributed by atoms with Crippen LogP contribution in [0.1, 0.15) is 5.69 Å². The molecule has 0 aliphatic heterocycles. The number of hydrogen-bond acceptors (Lipinski definition) is 2. The van der Waals surface area contributed by atoms with Crippen molar-refractivity contribution in [2.45, 2.75) is 6.92 Å². The Morgan fingerprint density at radius 2 is 2.00 bits per heavy atom. The van der Waals surface area contributed by atoms with Crippen molar-refractivity contribution in [3.05, 3.63) is 57.0 Å². The summed E-state index contributed by atoms with van der Waals surface area (Å²) in [5, 5.41) is 0. The van der Waals surface area contributed by atoms with E-state index in [1.807, 2.05) is 37.3 Å². The highest BCUT2D eigenvalue weighted by atomic mass is 79.9. The monoisotopic (exact) mass is 303 g/mol. The van der Waals surface area contributed by atoms with Crippen molar-refractivity contribution in [3.63, 3.8) is 0 Å². The zero-order valence-electron chi connectivity index (χ0n) is 9.64. The van der Waals surface area contributed by atoms with Crippen molar-refractivity contribution in [2.75, 3.05) is 0 Å². The van der Waals surface area contributed by atoms with Crippen LogP contribution in [0.2, 0.25) is 0 Å². The first-order chi connectivity index (χ1) is 8.68. The molecule has 0 radical (unpaired) electrons. The summed E-state index contributed by atoms with van der Waals surface area (Å²) >= 11 is 3.21. The van der Waals surface area contributed by atoms with Crippen molar-refractivity contribution >= 4 is 21.7 Å². The maximum absolute atomic E-state index is 12.0. The topological polar surface area (TPSA) is 50.2 Å². The molecule has 0 fully saturated rings. The third-order valence-electron chi connectivity index (χ3n) is 2.92. The van der Waals surface area contributed by atoms with Crippen molar-refractivity contribution < 1.29 is 0 Å². The number of aromatic amines is 1. The minimum atomic E-state index is -0.101. The summed E-state index contributed by atoms with van der Waals surface area (Å²) in [4.78, 5) is 19.4. The van der Waals surface area contributed by atoms with E-state index in [4.69, 9.17) is 0 Å². The van der Waals surface area contributed by atoms with Crippen molar-refractivity contribution in [1.29, 1.82) is 0 Å². The first kappa shape index (κ1) is 11.2. The van der Waals surface area contributed by atoms with Gasteiger partial charge in [-0.2, -0.15) is 0 Å². The number of nitrogens with zero attached hydrogens (tertiary/aromatic N) is 2. The Hall–Kier alpha value is -1.88. The van der Waals surface area contributed by atoms with Crippen LogP contribution in [0.25, 0.3) is 17.0 Å². The molecule has 1 N–H and O–H groups in total. The van der Waals surface area contributed by atoms with Crippen molar-refractivity contribution in [1.82, 2.24) is 14.4 Å². The average Bonchev–Trinajstić information content (AvgIpc) is 2.73. The zero-order chi connectivity index (χ0) is 12.7. The molecule has 2 heterocycles. The lowest BCUT2D eigenvalue weighted by Crippen LogP contribution is -2.15. The number of hydrogen-bond donors (Lipinski definition) is 1. The Morgan fingerprint density at radius 3 is 2.72 bits per heavy atom. The maximum Gasteiger partial charge on any atom is 0.273 e. The van der Waals surface area contributed by atoms with Gasteiger partial charge in [-0.15, -0.1) is 0 Å². The van der Waals surface area contributed by atoms with Crippen LogP contribution in [0.4, 0.5) is 0 Å². The van der Waals surface area contributed by atoms with Crippen LogP contribution in [-0.4, -0.2) is 14.4 Å². The molecule has 90 valence electrons. The summed E-state index contributed by atoms with van der Waals surface area (Å²) in [6.45, 7) is 1.90. The van der Waals surface area contributed by atoms with Crippen LogP contribution in [0.15, 0.2) is 45.8 Å². The van der Waals surface area contributed by atoms with Gasteiger partial charge in [-0.05, 0) is 28.4 Å². The van der Waals surface area contributed by atoms with Gasteiger partial charge in [-0.25, -0.2) is 9.38 Å². The summed E-state index contributed by atoms with van der Waals surface area (Å²) < 4.78 is 2.04. The lowest BCUT2D eigenvalue weighted by atomic mass is 10.1. The normalized spacial score (nSPS) is 11.0. The van der Waals surface area contributed by atoms with Gasteiger partial charge in [0.05, 0.1) is 17.6 Å².